The van der Waals surface area contributed by atoms with Crippen molar-refractivity contribution in [3.05, 3.63) is 64.8 Å². The highest BCUT2D eigenvalue weighted by Gasteiger charge is 2.10. The highest BCUT2D eigenvalue weighted by atomic mass is 79.9. The van der Waals surface area contributed by atoms with Gasteiger partial charge in [-0.05, 0) is 36.4 Å². The van der Waals surface area contributed by atoms with E-state index in [-0.39, 0.29) is 0 Å². The zero-order chi connectivity index (χ0) is 17.2. The molecule has 2 aromatic carbocycles. The number of hydrogen-bond donors (Lipinski definition) is 1. The number of nitrogens with one attached hydrogen (secondary N) is 1. The van der Waals surface area contributed by atoms with Crippen LogP contribution in [0, 0.1) is 11.3 Å². The van der Waals surface area contributed by atoms with E-state index in [1.54, 1.807) is 29.1 Å². The van der Waals surface area contributed by atoms with Crippen LogP contribution in [-0.4, -0.2) is 25.0 Å². The summed E-state index contributed by atoms with van der Waals surface area (Å²) in [7, 11) is 0. The van der Waals surface area contributed by atoms with Gasteiger partial charge in [-0.25, -0.2) is 4.98 Å². The molecule has 0 unspecified atom stereocenters. The fraction of sp³-hybridized carbons (Fsp3) is 0. The zero-order valence-electron chi connectivity index (χ0n) is 12.8. The highest BCUT2D eigenvalue weighted by Crippen LogP contribution is 2.20. The maximum absolute atomic E-state index is 8.99. The first-order valence-corrected chi connectivity index (χ1v) is 8.14. The standard InChI is InChI=1S/C17H10BrN7/c18-12-4-2-6-14(8-12)25-16-15(23-24-25)10-20-17(22-16)21-13-5-1-3-11(7-13)9-19/h1-8,10H,(H,20,21,22). The SMILES string of the molecule is N#Cc1cccc(Nc2ncc3nnn(-c4cccc(Br)c4)c3n2)c1. The number of nitriles is 1. The normalized spacial score (nSPS) is 10.6. The van der Waals surface area contributed by atoms with Crippen LogP contribution in [0.25, 0.3) is 16.9 Å². The monoisotopic (exact) mass is 391 g/mol. The molecule has 0 aliphatic heterocycles. The van der Waals surface area contributed by atoms with E-state index < -0.39 is 0 Å². The largest absolute Gasteiger partial charge is 0.324 e. The van der Waals surface area contributed by atoms with Crippen LogP contribution in [0.3, 0.4) is 0 Å². The minimum atomic E-state index is 0.404. The number of hydrogen-bond acceptors (Lipinski definition) is 6. The Hall–Kier alpha value is -3.31. The molecule has 0 fully saturated rings. The van der Waals surface area contributed by atoms with Crippen molar-refractivity contribution >= 4 is 38.7 Å². The predicted octanol–water partition coefficient (Wildman–Crippen LogP) is 3.59. The van der Waals surface area contributed by atoms with Crippen LogP contribution >= 0.6 is 15.9 Å². The van der Waals surface area contributed by atoms with E-state index >= 15 is 0 Å². The van der Waals surface area contributed by atoms with Crippen LogP contribution in [0.1, 0.15) is 5.56 Å². The molecule has 0 radical (unpaired) electrons. The summed E-state index contributed by atoms with van der Waals surface area (Å²) in [6.07, 6.45) is 1.61. The molecule has 0 bridgehead atoms. The lowest BCUT2D eigenvalue weighted by molar-refractivity contribution is 0.817. The van der Waals surface area contributed by atoms with Gasteiger partial charge in [-0.1, -0.05) is 33.3 Å². The molecule has 0 saturated carbocycles. The number of benzene rings is 2. The molecule has 0 atom stereocenters. The summed E-state index contributed by atoms with van der Waals surface area (Å²) in [5, 5.41) is 20.3. The minimum absolute atomic E-state index is 0.404. The summed E-state index contributed by atoms with van der Waals surface area (Å²) in [6, 6.07) is 16.9. The summed E-state index contributed by atoms with van der Waals surface area (Å²) in [6.45, 7) is 0. The molecule has 25 heavy (non-hydrogen) atoms. The second-order valence-electron chi connectivity index (χ2n) is 5.20. The molecule has 2 heterocycles. The number of aromatic nitrogens is 5. The van der Waals surface area contributed by atoms with Crippen molar-refractivity contribution in [2.45, 2.75) is 0 Å². The number of nitrogens with zero attached hydrogens (tertiary/aromatic N) is 6. The van der Waals surface area contributed by atoms with Gasteiger partial charge in [-0.15, -0.1) is 5.10 Å². The minimum Gasteiger partial charge on any atom is -0.324 e. The van der Waals surface area contributed by atoms with E-state index in [4.69, 9.17) is 5.26 Å². The Kier molecular flexibility index (Phi) is 3.84. The Morgan fingerprint density at radius 1 is 1.12 bits per heavy atom. The van der Waals surface area contributed by atoms with Crippen molar-refractivity contribution in [2.75, 3.05) is 5.32 Å². The van der Waals surface area contributed by atoms with Crippen LogP contribution < -0.4 is 5.32 Å². The first-order chi connectivity index (χ1) is 12.2. The molecule has 4 rings (SSSR count). The van der Waals surface area contributed by atoms with Gasteiger partial charge in [0.05, 0.1) is 23.5 Å². The smallest absolute Gasteiger partial charge is 0.229 e. The molecular formula is C17H10BrN7. The van der Waals surface area contributed by atoms with Gasteiger partial charge < -0.3 is 5.32 Å². The zero-order valence-corrected chi connectivity index (χ0v) is 14.3. The van der Waals surface area contributed by atoms with E-state index in [2.05, 4.69) is 47.6 Å². The van der Waals surface area contributed by atoms with Crippen molar-refractivity contribution in [1.29, 1.82) is 5.26 Å². The molecule has 8 heteroatoms. The first-order valence-electron chi connectivity index (χ1n) is 7.34. The second-order valence-corrected chi connectivity index (χ2v) is 6.12. The number of anilines is 2. The fourth-order valence-electron chi connectivity index (χ4n) is 2.37. The summed E-state index contributed by atoms with van der Waals surface area (Å²) in [5.74, 6) is 0.404. The third kappa shape index (κ3) is 3.05. The average molecular weight is 392 g/mol. The Bertz CT molecular complexity index is 1110. The van der Waals surface area contributed by atoms with Gasteiger partial charge in [-0.2, -0.15) is 14.9 Å². The Morgan fingerprint density at radius 2 is 2.00 bits per heavy atom. The number of fused-ring (bicyclic) bond motifs is 1. The topological polar surface area (TPSA) is 92.3 Å². The molecule has 0 aliphatic rings. The summed E-state index contributed by atoms with van der Waals surface area (Å²) >= 11 is 3.45. The van der Waals surface area contributed by atoms with Crippen LogP contribution in [0.4, 0.5) is 11.6 Å². The summed E-state index contributed by atoms with van der Waals surface area (Å²) in [4.78, 5) is 8.76. The van der Waals surface area contributed by atoms with E-state index in [9.17, 15) is 0 Å². The third-order valence-electron chi connectivity index (χ3n) is 3.49. The van der Waals surface area contributed by atoms with Gasteiger partial charge in [0.1, 0.15) is 0 Å². The van der Waals surface area contributed by atoms with E-state index in [1.807, 2.05) is 30.3 Å². The maximum Gasteiger partial charge on any atom is 0.229 e. The third-order valence-corrected chi connectivity index (χ3v) is 3.99. The van der Waals surface area contributed by atoms with E-state index in [0.29, 0.717) is 22.7 Å². The van der Waals surface area contributed by atoms with Crippen LogP contribution in [0.2, 0.25) is 0 Å². The summed E-state index contributed by atoms with van der Waals surface area (Å²) in [5.41, 5.74) is 3.32. The molecule has 2 aromatic heterocycles. The molecular weight excluding hydrogens is 382 g/mol. The Morgan fingerprint density at radius 3 is 2.84 bits per heavy atom. The van der Waals surface area contributed by atoms with Gasteiger partial charge in [0.25, 0.3) is 0 Å². The number of halogens is 1. The highest BCUT2D eigenvalue weighted by molar-refractivity contribution is 9.10. The molecule has 0 aliphatic carbocycles. The molecule has 4 aromatic rings. The van der Waals surface area contributed by atoms with E-state index in [1.165, 1.54) is 0 Å². The van der Waals surface area contributed by atoms with Crippen molar-refractivity contribution < 1.29 is 0 Å². The van der Waals surface area contributed by atoms with Gasteiger partial charge in [0, 0.05) is 10.2 Å². The van der Waals surface area contributed by atoms with Gasteiger partial charge in [-0.3, -0.25) is 0 Å². The fourth-order valence-corrected chi connectivity index (χ4v) is 2.75. The second kappa shape index (κ2) is 6.30. The lowest BCUT2D eigenvalue weighted by atomic mass is 10.2. The first kappa shape index (κ1) is 15.2. The Balaban J connectivity index is 1.74. The lowest BCUT2D eigenvalue weighted by Crippen LogP contribution is -2.01. The predicted molar refractivity (Wildman–Crippen MR) is 96.6 cm³/mol. The molecule has 1 N–H and O–H groups in total. The molecule has 120 valence electrons. The molecule has 0 amide bonds. The maximum atomic E-state index is 8.99. The van der Waals surface area contributed by atoms with Crippen molar-refractivity contribution in [3.8, 4) is 11.8 Å². The van der Waals surface area contributed by atoms with Crippen LogP contribution in [-0.2, 0) is 0 Å². The average Bonchev–Trinajstić information content (AvgIpc) is 3.05. The van der Waals surface area contributed by atoms with Crippen molar-refractivity contribution in [2.24, 2.45) is 0 Å². The van der Waals surface area contributed by atoms with Gasteiger partial charge in [0.2, 0.25) is 5.95 Å². The lowest BCUT2D eigenvalue weighted by Gasteiger charge is -2.06. The van der Waals surface area contributed by atoms with Gasteiger partial charge >= 0.3 is 0 Å². The van der Waals surface area contributed by atoms with Gasteiger partial charge in [0.15, 0.2) is 11.2 Å². The molecule has 0 spiro atoms. The van der Waals surface area contributed by atoms with Crippen LogP contribution in [0.5, 0.6) is 0 Å². The molecule has 7 nitrogen and oxygen atoms in total. The Labute approximate surface area is 151 Å². The quantitative estimate of drug-likeness (QED) is 0.573. The number of rotatable bonds is 3. The summed E-state index contributed by atoms with van der Waals surface area (Å²) < 4.78 is 2.59. The van der Waals surface area contributed by atoms with Crippen molar-refractivity contribution in [3.63, 3.8) is 0 Å². The van der Waals surface area contributed by atoms with E-state index in [0.717, 1.165) is 15.8 Å². The van der Waals surface area contributed by atoms with Crippen molar-refractivity contribution in [1.82, 2.24) is 25.0 Å². The molecule has 0 saturated heterocycles. The van der Waals surface area contributed by atoms with Crippen LogP contribution in [0.15, 0.2) is 59.2 Å².